The van der Waals surface area contributed by atoms with Crippen LogP contribution in [-0.4, -0.2) is 31.1 Å². The Hall–Kier alpha value is -3.68. The number of tetrazole rings is 1. The number of aromatic nitrogens is 5. The van der Waals surface area contributed by atoms with Crippen molar-refractivity contribution in [2.75, 3.05) is 5.32 Å². The number of halogens is 1. The van der Waals surface area contributed by atoms with Crippen LogP contribution >= 0.6 is 0 Å². The fourth-order valence-corrected chi connectivity index (χ4v) is 3.43. The number of hydrogen-bond donors (Lipinski definition) is 1. The molecule has 2 aromatic heterocycles. The molecule has 0 aliphatic carbocycles. The standard InChI is InChI=1S/C22H21FN6O/c1-3-17-13-20(18-9-4-5-10-19(18)24-17)25-22(30)21(29-14(2)26-27-28-29)12-15-7-6-8-16(23)11-15/h4-11,13,21H,3,12H2,1-2H3,(H,24,25,30)/t21-/m1/s1. The monoisotopic (exact) mass is 404 g/mol. The van der Waals surface area contributed by atoms with Crippen molar-refractivity contribution in [2.45, 2.75) is 32.7 Å². The van der Waals surface area contributed by atoms with E-state index in [1.54, 1.807) is 19.1 Å². The fourth-order valence-electron chi connectivity index (χ4n) is 3.43. The van der Waals surface area contributed by atoms with Gasteiger partial charge in [-0.3, -0.25) is 9.78 Å². The molecule has 0 fully saturated rings. The van der Waals surface area contributed by atoms with Crippen molar-refractivity contribution < 1.29 is 9.18 Å². The molecule has 1 atom stereocenters. The molecule has 7 nitrogen and oxygen atoms in total. The van der Waals surface area contributed by atoms with Gasteiger partial charge in [0.2, 0.25) is 5.91 Å². The average Bonchev–Trinajstić information content (AvgIpc) is 3.17. The summed E-state index contributed by atoms with van der Waals surface area (Å²) in [4.78, 5) is 18.0. The van der Waals surface area contributed by atoms with E-state index in [-0.39, 0.29) is 18.1 Å². The Kier molecular flexibility index (Phi) is 5.47. The van der Waals surface area contributed by atoms with Gasteiger partial charge in [0.05, 0.1) is 11.2 Å². The number of amides is 1. The highest BCUT2D eigenvalue weighted by atomic mass is 19.1. The zero-order valence-corrected chi connectivity index (χ0v) is 16.7. The number of rotatable bonds is 6. The summed E-state index contributed by atoms with van der Waals surface area (Å²) in [6.45, 7) is 3.74. The molecule has 0 unspecified atom stereocenters. The highest BCUT2D eigenvalue weighted by Gasteiger charge is 2.25. The van der Waals surface area contributed by atoms with E-state index < -0.39 is 6.04 Å². The van der Waals surface area contributed by atoms with Gasteiger partial charge in [-0.1, -0.05) is 37.3 Å². The van der Waals surface area contributed by atoms with Crippen LogP contribution in [0.5, 0.6) is 0 Å². The molecule has 152 valence electrons. The summed E-state index contributed by atoms with van der Waals surface area (Å²) in [5.41, 5.74) is 3.05. The van der Waals surface area contributed by atoms with Crippen LogP contribution in [0.15, 0.2) is 54.6 Å². The van der Waals surface area contributed by atoms with Crippen molar-refractivity contribution >= 4 is 22.5 Å². The first-order valence-corrected chi connectivity index (χ1v) is 9.73. The maximum absolute atomic E-state index is 13.7. The van der Waals surface area contributed by atoms with E-state index in [0.717, 1.165) is 23.0 Å². The second-order valence-electron chi connectivity index (χ2n) is 7.04. The maximum Gasteiger partial charge on any atom is 0.249 e. The topological polar surface area (TPSA) is 85.6 Å². The highest BCUT2D eigenvalue weighted by Crippen LogP contribution is 2.25. The smallest absolute Gasteiger partial charge is 0.249 e. The molecule has 8 heteroatoms. The van der Waals surface area contributed by atoms with Crippen LogP contribution in [0.1, 0.15) is 30.0 Å². The summed E-state index contributed by atoms with van der Waals surface area (Å²) < 4.78 is 15.2. The van der Waals surface area contributed by atoms with E-state index in [4.69, 9.17) is 0 Å². The van der Waals surface area contributed by atoms with E-state index in [9.17, 15) is 9.18 Å². The zero-order chi connectivity index (χ0) is 21.1. The minimum absolute atomic E-state index is 0.249. The summed E-state index contributed by atoms with van der Waals surface area (Å²) in [5.74, 6) is -0.138. The number of carbonyl (C=O) groups is 1. The first-order chi connectivity index (χ1) is 14.5. The van der Waals surface area contributed by atoms with Crippen LogP contribution in [0.2, 0.25) is 0 Å². The molecule has 0 saturated carbocycles. The van der Waals surface area contributed by atoms with Gasteiger partial charge in [-0.2, -0.15) is 0 Å². The zero-order valence-electron chi connectivity index (χ0n) is 16.7. The molecular weight excluding hydrogens is 383 g/mol. The van der Waals surface area contributed by atoms with Gasteiger partial charge in [0, 0.05) is 17.5 Å². The summed E-state index contributed by atoms with van der Waals surface area (Å²) in [6, 6.07) is 15.0. The van der Waals surface area contributed by atoms with Crippen LogP contribution in [0.25, 0.3) is 10.9 Å². The van der Waals surface area contributed by atoms with Crippen LogP contribution in [0.3, 0.4) is 0 Å². The molecule has 0 spiro atoms. The number of aryl methyl sites for hydroxylation is 2. The molecule has 2 heterocycles. The quantitative estimate of drug-likeness (QED) is 0.530. The second kappa shape index (κ2) is 8.36. The fraction of sp³-hybridized carbons (Fsp3) is 0.227. The normalized spacial score (nSPS) is 12.1. The maximum atomic E-state index is 13.7. The summed E-state index contributed by atoms with van der Waals surface area (Å²) in [6.07, 6.45) is 0.992. The predicted molar refractivity (Wildman–Crippen MR) is 111 cm³/mol. The lowest BCUT2D eigenvalue weighted by atomic mass is 10.0. The van der Waals surface area contributed by atoms with E-state index in [1.165, 1.54) is 16.8 Å². The van der Waals surface area contributed by atoms with Crippen LogP contribution in [0.4, 0.5) is 10.1 Å². The number of fused-ring (bicyclic) bond motifs is 1. The van der Waals surface area contributed by atoms with Gasteiger partial charge in [-0.25, -0.2) is 9.07 Å². The molecule has 30 heavy (non-hydrogen) atoms. The Morgan fingerprint density at radius 1 is 1.17 bits per heavy atom. The van der Waals surface area contributed by atoms with Gasteiger partial charge in [0.1, 0.15) is 17.7 Å². The van der Waals surface area contributed by atoms with Crippen molar-refractivity contribution in [3.05, 3.63) is 77.5 Å². The lowest BCUT2D eigenvalue weighted by Gasteiger charge is -2.19. The molecule has 4 aromatic rings. The Bertz CT molecular complexity index is 1210. The van der Waals surface area contributed by atoms with E-state index >= 15 is 0 Å². The summed E-state index contributed by atoms with van der Waals surface area (Å²) >= 11 is 0. The van der Waals surface area contributed by atoms with E-state index in [0.29, 0.717) is 17.1 Å². The Morgan fingerprint density at radius 2 is 2.00 bits per heavy atom. The first-order valence-electron chi connectivity index (χ1n) is 9.73. The molecule has 0 aliphatic rings. The molecule has 0 bridgehead atoms. The summed E-state index contributed by atoms with van der Waals surface area (Å²) in [7, 11) is 0. The van der Waals surface area contributed by atoms with Crippen LogP contribution in [0, 0.1) is 12.7 Å². The highest BCUT2D eigenvalue weighted by molar-refractivity contribution is 6.02. The van der Waals surface area contributed by atoms with Crippen LogP contribution < -0.4 is 5.32 Å². The van der Waals surface area contributed by atoms with E-state index in [2.05, 4.69) is 25.8 Å². The Labute approximate surface area is 172 Å². The predicted octanol–water partition coefficient (Wildman–Crippen LogP) is 3.65. The lowest BCUT2D eigenvalue weighted by Crippen LogP contribution is -2.29. The number of hydrogen-bond acceptors (Lipinski definition) is 5. The Balaban J connectivity index is 1.71. The molecular formula is C22H21FN6O. The number of anilines is 1. The average molecular weight is 404 g/mol. The SMILES string of the molecule is CCc1cc(NC(=O)[C@@H](Cc2cccc(F)c2)n2nnnc2C)c2ccccc2n1. The molecule has 2 aromatic carbocycles. The first kappa shape index (κ1) is 19.6. The number of pyridine rings is 1. The third kappa shape index (κ3) is 4.03. The van der Waals surface area contributed by atoms with Crippen molar-refractivity contribution in [3.8, 4) is 0 Å². The van der Waals surface area contributed by atoms with Gasteiger partial charge in [0.15, 0.2) is 0 Å². The van der Waals surface area contributed by atoms with Crippen molar-refractivity contribution in [1.82, 2.24) is 25.2 Å². The minimum Gasteiger partial charge on any atom is -0.324 e. The molecule has 0 saturated heterocycles. The Morgan fingerprint density at radius 3 is 2.73 bits per heavy atom. The molecule has 0 radical (unpaired) electrons. The van der Waals surface area contributed by atoms with Crippen LogP contribution in [-0.2, 0) is 17.6 Å². The lowest BCUT2D eigenvalue weighted by molar-refractivity contribution is -0.119. The third-order valence-corrected chi connectivity index (χ3v) is 4.96. The number of nitrogens with one attached hydrogen (secondary N) is 1. The summed E-state index contributed by atoms with van der Waals surface area (Å²) in [5, 5.41) is 15.4. The van der Waals surface area contributed by atoms with Gasteiger partial charge in [0.25, 0.3) is 0 Å². The van der Waals surface area contributed by atoms with Gasteiger partial charge in [-0.15, -0.1) is 5.10 Å². The van der Waals surface area contributed by atoms with Gasteiger partial charge < -0.3 is 5.32 Å². The second-order valence-corrected chi connectivity index (χ2v) is 7.04. The molecule has 1 N–H and O–H groups in total. The van der Waals surface area contributed by atoms with E-state index in [1.807, 2.05) is 37.3 Å². The van der Waals surface area contributed by atoms with Crippen molar-refractivity contribution in [1.29, 1.82) is 0 Å². The number of carbonyl (C=O) groups excluding carboxylic acids is 1. The minimum atomic E-state index is -0.737. The van der Waals surface area contributed by atoms with Crippen molar-refractivity contribution in [2.24, 2.45) is 0 Å². The third-order valence-electron chi connectivity index (χ3n) is 4.96. The molecule has 1 amide bonds. The number of benzene rings is 2. The molecule has 0 aliphatic heterocycles. The molecule has 4 rings (SSSR count). The largest absolute Gasteiger partial charge is 0.324 e. The number of nitrogens with zero attached hydrogens (tertiary/aromatic N) is 5. The van der Waals surface area contributed by atoms with Gasteiger partial charge in [-0.05, 0) is 53.6 Å². The van der Waals surface area contributed by atoms with Crippen molar-refractivity contribution in [3.63, 3.8) is 0 Å². The van der Waals surface area contributed by atoms with Gasteiger partial charge >= 0.3 is 0 Å². The number of para-hydroxylation sites is 1.